The Morgan fingerprint density at radius 1 is 1.39 bits per heavy atom. The molecule has 0 fully saturated rings. The molecule has 0 heterocycles. The molecule has 0 radical (unpaired) electrons. The van der Waals surface area contributed by atoms with Crippen LogP contribution in [0, 0.1) is 0 Å². The molecule has 0 spiro atoms. The number of nitrogen functional groups attached to an aromatic ring is 1. The molecule has 0 aliphatic carbocycles. The number of alkyl halides is 4. The van der Waals surface area contributed by atoms with Gasteiger partial charge in [0.25, 0.3) is 5.91 Å². The van der Waals surface area contributed by atoms with Gasteiger partial charge in [0.1, 0.15) is 0 Å². The summed E-state index contributed by atoms with van der Waals surface area (Å²) in [7, 11) is 0. The molecule has 0 aromatic heterocycles. The third kappa shape index (κ3) is 3.02. The van der Waals surface area contributed by atoms with Crippen molar-refractivity contribution < 1.29 is 27.1 Å². The third-order valence-electron chi connectivity index (χ3n) is 2.04. The van der Waals surface area contributed by atoms with E-state index in [0.29, 0.717) is 0 Å². The van der Waals surface area contributed by atoms with Crippen LogP contribution in [0.4, 0.5) is 23.2 Å². The molecule has 4 N–H and O–H groups in total. The minimum atomic E-state index is -4.34. The highest BCUT2D eigenvalue weighted by Crippen LogP contribution is 2.29. The van der Waals surface area contributed by atoms with Gasteiger partial charge in [-0.15, -0.1) is 0 Å². The van der Waals surface area contributed by atoms with Crippen molar-refractivity contribution in [1.82, 2.24) is 0 Å². The molecule has 0 saturated heterocycles. The van der Waals surface area contributed by atoms with Gasteiger partial charge in [-0.1, -0.05) is 6.07 Å². The van der Waals surface area contributed by atoms with Crippen LogP contribution >= 0.6 is 0 Å². The van der Waals surface area contributed by atoms with Gasteiger partial charge in [-0.2, -0.15) is 8.78 Å². The van der Waals surface area contributed by atoms with Crippen LogP contribution in [0.25, 0.3) is 0 Å². The zero-order chi connectivity index (χ0) is 13.9. The highest BCUT2D eigenvalue weighted by Gasteiger charge is 2.42. The number of halogens is 4. The number of hydrogen-bond donors (Lipinski definition) is 2. The molecule has 1 aromatic rings. The summed E-state index contributed by atoms with van der Waals surface area (Å²) in [5, 5.41) is 0. The van der Waals surface area contributed by atoms with Crippen molar-refractivity contribution in [3.8, 4) is 5.75 Å². The number of carbonyl (C=O) groups excluding carboxylic acids is 1. The fourth-order valence-corrected chi connectivity index (χ4v) is 1.14. The van der Waals surface area contributed by atoms with E-state index >= 15 is 0 Å². The van der Waals surface area contributed by atoms with Crippen LogP contribution in [0.15, 0.2) is 18.2 Å². The molecular weight excluding hydrogens is 256 g/mol. The molecule has 18 heavy (non-hydrogen) atoms. The molecule has 0 bridgehead atoms. The number of rotatable bonds is 5. The summed E-state index contributed by atoms with van der Waals surface area (Å²) >= 11 is 0. The summed E-state index contributed by atoms with van der Waals surface area (Å²) in [6.07, 6.45) is -3.88. The van der Waals surface area contributed by atoms with Crippen molar-refractivity contribution in [2.45, 2.75) is 12.3 Å². The number of anilines is 1. The van der Waals surface area contributed by atoms with E-state index in [4.69, 9.17) is 11.5 Å². The van der Waals surface area contributed by atoms with Crippen LogP contribution in [-0.2, 0) is 0 Å². The van der Waals surface area contributed by atoms with Crippen LogP contribution in [0.3, 0.4) is 0 Å². The Hall–Kier alpha value is -1.99. The number of ether oxygens (including phenoxy) is 1. The number of primary amides is 1. The van der Waals surface area contributed by atoms with Crippen molar-refractivity contribution in [3.63, 3.8) is 0 Å². The second kappa shape index (κ2) is 5.11. The van der Waals surface area contributed by atoms with Gasteiger partial charge >= 0.3 is 12.3 Å². The Bertz CT molecular complexity index is 452. The van der Waals surface area contributed by atoms with Gasteiger partial charge in [0.15, 0.2) is 12.4 Å². The lowest BCUT2D eigenvalue weighted by Gasteiger charge is -2.18. The Kier molecular flexibility index (Phi) is 4.00. The van der Waals surface area contributed by atoms with E-state index in [1.807, 2.05) is 0 Å². The lowest BCUT2D eigenvalue weighted by molar-refractivity contribution is -0.148. The third-order valence-corrected chi connectivity index (χ3v) is 2.04. The number of nitrogens with two attached hydrogens (primary N) is 2. The molecule has 0 saturated carbocycles. The molecule has 0 atom stereocenters. The predicted molar refractivity (Wildman–Crippen MR) is 55.8 cm³/mol. The van der Waals surface area contributed by atoms with Crippen molar-refractivity contribution in [2.75, 3.05) is 12.3 Å². The standard InChI is InChI=1S/C10H10F4N2O2/c11-9(12)10(13,14)4-18-7-5(8(16)17)2-1-3-6(7)15/h1-3,9H,4,15H2,(H2,16,17). The molecule has 0 unspecified atom stereocenters. The number of hydrogen-bond acceptors (Lipinski definition) is 3. The maximum absolute atomic E-state index is 12.7. The largest absolute Gasteiger partial charge is 0.484 e. The van der Waals surface area contributed by atoms with E-state index in [1.54, 1.807) is 0 Å². The van der Waals surface area contributed by atoms with Crippen molar-refractivity contribution in [1.29, 1.82) is 0 Å². The molecular formula is C10H10F4N2O2. The lowest BCUT2D eigenvalue weighted by Crippen LogP contribution is -2.34. The fourth-order valence-electron chi connectivity index (χ4n) is 1.14. The van der Waals surface area contributed by atoms with Gasteiger partial charge in [0.2, 0.25) is 0 Å². The minimum Gasteiger partial charge on any atom is -0.484 e. The smallest absolute Gasteiger partial charge is 0.340 e. The first-order valence-corrected chi connectivity index (χ1v) is 4.72. The first-order valence-electron chi connectivity index (χ1n) is 4.72. The van der Waals surface area contributed by atoms with Crippen LogP contribution in [0.1, 0.15) is 10.4 Å². The van der Waals surface area contributed by atoms with Gasteiger partial charge in [0.05, 0.1) is 11.3 Å². The van der Waals surface area contributed by atoms with Crippen molar-refractivity contribution in [3.05, 3.63) is 23.8 Å². The van der Waals surface area contributed by atoms with E-state index in [-0.39, 0.29) is 11.3 Å². The van der Waals surface area contributed by atoms with Crippen LogP contribution in [-0.4, -0.2) is 24.9 Å². The Balaban J connectivity index is 2.95. The first-order chi connectivity index (χ1) is 8.25. The first kappa shape index (κ1) is 14.1. The highest BCUT2D eigenvalue weighted by atomic mass is 19.3. The molecule has 4 nitrogen and oxygen atoms in total. The van der Waals surface area contributed by atoms with Crippen LogP contribution < -0.4 is 16.2 Å². The predicted octanol–water partition coefficient (Wildman–Crippen LogP) is 1.65. The minimum absolute atomic E-state index is 0.142. The quantitative estimate of drug-likeness (QED) is 0.628. The molecule has 0 aliphatic rings. The number of carbonyl (C=O) groups is 1. The normalized spacial score (nSPS) is 11.6. The summed E-state index contributed by atoms with van der Waals surface area (Å²) in [5.74, 6) is -5.72. The molecule has 1 aromatic carbocycles. The van der Waals surface area contributed by atoms with Crippen molar-refractivity contribution in [2.24, 2.45) is 5.73 Å². The number of amides is 1. The molecule has 0 aliphatic heterocycles. The average Bonchev–Trinajstić information content (AvgIpc) is 2.26. The summed E-state index contributed by atoms with van der Waals surface area (Å²) in [4.78, 5) is 11.0. The maximum atomic E-state index is 12.7. The van der Waals surface area contributed by atoms with E-state index < -0.39 is 30.6 Å². The van der Waals surface area contributed by atoms with E-state index in [9.17, 15) is 22.4 Å². The number of para-hydroxylation sites is 1. The van der Waals surface area contributed by atoms with Gasteiger partial charge in [-0.05, 0) is 12.1 Å². The maximum Gasteiger partial charge on any atom is 0.340 e. The molecule has 1 amide bonds. The lowest BCUT2D eigenvalue weighted by atomic mass is 10.1. The topological polar surface area (TPSA) is 78.3 Å². The second-order valence-electron chi connectivity index (χ2n) is 3.44. The summed E-state index contributed by atoms with van der Waals surface area (Å²) < 4.78 is 53.7. The van der Waals surface area contributed by atoms with Gasteiger partial charge in [0, 0.05) is 0 Å². The van der Waals surface area contributed by atoms with Crippen LogP contribution in [0.2, 0.25) is 0 Å². The highest BCUT2D eigenvalue weighted by molar-refractivity contribution is 5.97. The van der Waals surface area contributed by atoms with Gasteiger partial charge in [-0.3, -0.25) is 4.79 Å². The zero-order valence-electron chi connectivity index (χ0n) is 9.00. The Morgan fingerprint density at radius 2 is 2.00 bits per heavy atom. The Labute approximate surface area is 99.5 Å². The molecule has 100 valence electrons. The van der Waals surface area contributed by atoms with Crippen molar-refractivity contribution >= 4 is 11.6 Å². The monoisotopic (exact) mass is 266 g/mol. The summed E-state index contributed by atoms with van der Waals surface area (Å²) in [6, 6.07) is 3.81. The summed E-state index contributed by atoms with van der Waals surface area (Å²) in [5.41, 5.74) is 9.98. The molecule has 8 heteroatoms. The van der Waals surface area contributed by atoms with Crippen LogP contribution in [0.5, 0.6) is 5.75 Å². The van der Waals surface area contributed by atoms with E-state index in [0.717, 1.165) is 0 Å². The fraction of sp³-hybridized carbons (Fsp3) is 0.300. The van der Waals surface area contributed by atoms with E-state index in [1.165, 1.54) is 18.2 Å². The van der Waals surface area contributed by atoms with Gasteiger partial charge < -0.3 is 16.2 Å². The zero-order valence-corrected chi connectivity index (χ0v) is 9.00. The molecule has 1 rings (SSSR count). The second-order valence-corrected chi connectivity index (χ2v) is 3.44. The van der Waals surface area contributed by atoms with E-state index in [2.05, 4.69) is 4.74 Å². The Morgan fingerprint density at radius 3 is 2.50 bits per heavy atom. The SMILES string of the molecule is NC(=O)c1cccc(N)c1OCC(F)(F)C(F)F. The summed E-state index contributed by atoms with van der Waals surface area (Å²) in [6.45, 7) is -1.60. The number of benzene rings is 1. The van der Waals surface area contributed by atoms with Gasteiger partial charge in [-0.25, -0.2) is 8.78 Å². The average molecular weight is 266 g/mol.